The summed E-state index contributed by atoms with van der Waals surface area (Å²) in [5.41, 5.74) is 1.76. The Labute approximate surface area is 218 Å². The second kappa shape index (κ2) is 11.1. The van der Waals surface area contributed by atoms with E-state index in [0.717, 1.165) is 21.2 Å². The molecule has 1 aromatic heterocycles. The number of hydrogen-bond donors (Lipinski definition) is 1. The first-order valence-electron chi connectivity index (χ1n) is 11.7. The molecule has 1 N–H and O–H groups in total. The molecule has 2 atom stereocenters. The molecule has 0 aliphatic carbocycles. The lowest BCUT2D eigenvalue weighted by atomic mass is 9.83. The predicted molar refractivity (Wildman–Crippen MR) is 147 cm³/mol. The molecule has 1 heterocycles. The van der Waals surface area contributed by atoms with E-state index in [1.54, 1.807) is 12.4 Å². The molecule has 3 rings (SSSR count). The molecule has 5 nitrogen and oxygen atoms in total. The van der Waals surface area contributed by atoms with Gasteiger partial charge < -0.3 is 14.5 Å². The Morgan fingerprint density at radius 3 is 2.17 bits per heavy atom. The molecule has 0 saturated heterocycles. The number of carbonyl (C=O) groups is 1. The highest BCUT2D eigenvalue weighted by molar-refractivity contribution is 9.10. The van der Waals surface area contributed by atoms with Crippen molar-refractivity contribution in [3.8, 4) is 0 Å². The summed E-state index contributed by atoms with van der Waals surface area (Å²) in [6, 6.07) is 21.6. The Balaban J connectivity index is 2.04. The fourth-order valence-corrected chi connectivity index (χ4v) is 5.25. The van der Waals surface area contributed by atoms with E-state index < -0.39 is 26.1 Å². The molecule has 0 spiro atoms. The highest BCUT2D eigenvalue weighted by atomic mass is 79.9. The third kappa shape index (κ3) is 6.81. The van der Waals surface area contributed by atoms with Gasteiger partial charge in [-0.25, -0.2) is 4.79 Å². The zero-order valence-corrected chi connectivity index (χ0v) is 23.9. The Kier molecular flexibility index (Phi) is 8.57. The Bertz CT molecular complexity index is 1120. The first-order valence-corrected chi connectivity index (χ1v) is 15.5. The van der Waals surface area contributed by atoms with Gasteiger partial charge in [-0.2, -0.15) is 0 Å². The number of halogens is 1. The van der Waals surface area contributed by atoms with Crippen LogP contribution < -0.4 is 5.32 Å². The van der Waals surface area contributed by atoms with Crippen molar-refractivity contribution in [1.29, 1.82) is 0 Å². The number of benzene rings is 2. The molecule has 3 aromatic rings. The first kappa shape index (κ1) is 27.1. The summed E-state index contributed by atoms with van der Waals surface area (Å²) in [7, 11) is -2.25. The monoisotopic (exact) mass is 554 g/mol. The minimum Gasteiger partial charge on any atom is -0.445 e. The van der Waals surface area contributed by atoms with Gasteiger partial charge in [0.2, 0.25) is 0 Å². The van der Waals surface area contributed by atoms with Crippen LogP contribution in [0.3, 0.4) is 0 Å². The first-order chi connectivity index (χ1) is 16.4. The number of nitrogens with one attached hydrogen (secondary N) is 1. The second-order valence-corrected chi connectivity index (χ2v) is 16.1. The lowest BCUT2D eigenvalue weighted by molar-refractivity contribution is 0.0633. The Hall–Kier alpha value is -2.48. The normalized spacial score (nSPS) is 14.6. The van der Waals surface area contributed by atoms with Crippen molar-refractivity contribution in [3.05, 3.63) is 100 Å². The van der Waals surface area contributed by atoms with E-state index in [4.69, 9.17) is 9.16 Å². The molecule has 0 radical (unpaired) electrons. The topological polar surface area (TPSA) is 60.5 Å². The molecule has 2 aromatic carbocycles. The van der Waals surface area contributed by atoms with Crippen LogP contribution in [-0.4, -0.2) is 19.4 Å². The van der Waals surface area contributed by atoms with Crippen LogP contribution in [0.25, 0.3) is 0 Å². The number of hydrogen-bond acceptors (Lipinski definition) is 4. The summed E-state index contributed by atoms with van der Waals surface area (Å²) in [6.07, 6.45) is 2.51. The van der Waals surface area contributed by atoms with Gasteiger partial charge in [-0.15, -0.1) is 0 Å². The van der Waals surface area contributed by atoms with Crippen molar-refractivity contribution in [3.63, 3.8) is 0 Å². The predicted octanol–water partition coefficient (Wildman–Crippen LogP) is 7.75. The molecule has 186 valence electrons. The van der Waals surface area contributed by atoms with E-state index in [-0.39, 0.29) is 11.6 Å². The molecular weight excluding hydrogens is 520 g/mol. The number of amides is 1. The maximum Gasteiger partial charge on any atom is 0.408 e. The lowest BCUT2D eigenvalue weighted by Gasteiger charge is -2.46. The molecular formula is C28H35BrN2O3Si. The van der Waals surface area contributed by atoms with E-state index in [0.29, 0.717) is 0 Å². The van der Waals surface area contributed by atoms with Gasteiger partial charge in [0.15, 0.2) is 8.32 Å². The van der Waals surface area contributed by atoms with E-state index in [2.05, 4.69) is 60.1 Å². The van der Waals surface area contributed by atoms with Crippen LogP contribution in [0, 0.1) is 0 Å². The van der Waals surface area contributed by atoms with Gasteiger partial charge in [-0.05, 0) is 63.7 Å². The number of alkyl carbamates (subject to hydrolysis) is 1. The minimum atomic E-state index is -2.25. The highest BCUT2D eigenvalue weighted by Gasteiger charge is 2.47. The number of rotatable bonds is 8. The lowest BCUT2D eigenvalue weighted by Crippen LogP contribution is -2.53. The van der Waals surface area contributed by atoms with E-state index in [9.17, 15) is 4.79 Å². The van der Waals surface area contributed by atoms with Gasteiger partial charge in [0.25, 0.3) is 0 Å². The molecule has 0 bridgehead atoms. The van der Waals surface area contributed by atoms with Crippen LogP contribution in [0.1, 0.15) is 50.5 Å². The second-order valence-electron chi connectivity index (χ2n) is 10.4. The molecule has 7 heteroatoms. The molecule has 0 fully saturated rings. The minimum absolute atomic E-state index is 0.0235. The van der Waals surface area contributed by atoms with Gasteiger partial charge in [-0.3, -0.25) is 4.98 Å². The number of ether oxygens (including phenoxy) is 1. The average molecular weight is 556 g/mol. The summed E-state index contributed by atoms with van der Waals surface area (Å²) in [5.74, 6) is 0. The van der Waals surface area contributed by atoms with Crippen LogP contribution in [0.15, 0.2) is 83.6 Å². The molecule has 0 saturated carbocycles. The van der Waals surface area contributed by atoms with Crippen LogP contribution in [0.4, 0.5) is 4.79 Å². The standard InChI is InChI=1S/C28H35BrN2O3Si/c1-27(2,3)35(5,6)34-25(22-15-11-8-12-16-22)28(4,23-17-24(29)19-30-18-23)31-26(32)33-20-21-13-9-7-10-14-21/h7-19,25H,20H2,1-6H3,(H,31,32)/t25-,28-/m1/s1. The van der Waals surface area contributed by atoms with Crippen molar-refractivity contribution in [2.24, 2.45) is 0 Å². The SMILES string of the molecule is CC(C)(C)[Si](C)(C)O[C@H](c1ccccc1)[C@](C)(NC(=O)OCc1ccccc1)c1cncc(Br)c1. The Morgan fingerprint density at radius 2 is 1.60 bits per heavy atom. The summed E-state index contributed by atoms with van der Waals surface area (Å²) in [4.78, 5) is 17.6. The van der Waals surface area contributed by atoms with Gasteiger partial charge in [0, 0.05) is 16.9 Å². The summed E-state index contributed by atoms with van der Waals surface area (Å²) in [5, 5.41) is 3.13. The van der Waals surface area contributed by atoms with Crippen molar-refractivity contribution >= 4 is 30.3 Å². The number of aromatic nitrogens is 1. The number of pyridine rings is 1. The van der Waals surface area contributed by atoms with E-state index in [1.807, 2.05) is 73.7 Å². The van der Waals surface area contributed by atoms with Crippen LogP contribution in [0.5, 0.6) is 0 Å². The van der Waals surface area contributed by atoms with Gasteiger partial charge in [0.1, 0.15) is 6.61 Å². The third-order valence-electron chi connectivity index (χ3n) is 6.72. The third-order valence-corrected chi connectivity index (χ3v) is 11.6. The molecule has 0 aliphatic heterocycles. The fraction of sp³-hybridized carbons (Fsp3) is 0.357. The largest absolute Gasteiger partial charge is 0.445 e. The smallest absolute Gasteiger partial charge is 0.408 e. The quantitative estimate of drug-likeness (QED) is 0.289. The maximum atomic E-state index is 13.2. The maximum absolute atomic E-state index is 13.2. The van der Waals surface area contributed by atoms with Gasteiger partial charge in [0.05, 0.1) is 11.6 Å². The van der Waals surface area contributed by atoms with Crippen molar-refractivity contribution in [2.75, 3.05) is 0 Å². The summed E-state index contributed by atoms with van der Waals surface area (Å²) < 4.78 is 13.5. The van der Waals surface area contributed by atoms with Gasteiger partial charge in [-0.1, -0.05) is 81.4 Å². The summed E-state index contributed by atoms with van der Waals surface area (Å²) in [6.45, 7) is 13.2. The van der Waals surface area contributed by atoms with Gasteiger partial charge >= 0.3 is 6.09 Å². The molecule has 0 unspecified atom stereocenters. The average Bonchev–Trinajstić information content (AvgIpc) is 2.81. The molecule has 1 amide bonds. The van der Waals surface area contributed by atoms with E-state index in [1.165, 1.54) is 0 Å². The number of nitrogens with zero attached hydrogens (tertiary/aromatic N) is 1. The highest BCUT2D eigenvalue weighted by Crippen LogP contribution is 2.45. The molecule has 35 heavy (non-hydrogen) atoms. The Morgan fingerprint density at radius 1 is 1.00 bits per heavy atom. The zero-order valence-electron chi connectivity index (χ0n) is 21.3. The van der Waals surface area contributed by atoms with Crippen molar-refractivity contribution in [2.45, 2.75) is 64.1 Å². The van der Waals surface area contributed by atoms with E-state index >= 15 is 0 Å². The van der Waals surface area contributed by atoms with Crippen LogP contribution >= 0.6 is 15.9 Å². The zero-order chi connectivity index (χ0) is 25.7. The van der Waals surface area contributed by atoms with Crippen LogP contribution in [0.2, 0.25) is 18.1 Å². The summed E-state index contributed by atoms with van der Waals surface area (Å²) >= 11 is 3.54. The number of carbonyl (C=O) groups excluding carboxylic acids is 1. The molecule has 0 aliphatic rings. The van der Waals surface area contributed by atoms with Crippen molar-refractivity contribution in [1.82, 2.24) is 10.3 Å². The van der Waals surface area contributed by atoms with Crippen molar-refractivity contribution < 1.29 is 14.0 Å². The van der Waals surface area contributed by atoms with Crippen LogP contribution in [-0.2, 0) is 21.3 Å². The fourth-order valence-electron chi connectivity index (χ4n) is 3.57.